The van der Waals surface area contributed by atoms with Crippen LogP contribution in [0.3, 0.4) is 0 Å². The molecule has 0 saturated carbocycles. The number of benzene rings is 2. The van der Waals surface area contributed by atoms with Crippen LogP contribution in [0.25, 0.3) is 0 Å². The van der Waals surface area contributed by atoms with Crippen molar-refractivity contribution in [2.45, 2.75) is 51.9 Å². The molecule has 9 heteroatoms. The van der Waals surface area contributed by atoms with Crippen molar-refractivity contribution in [3.05, 3.63) is 87.1 Å². The largest absolute Gasteiger partial charge is 0.489 e. The molecule has 1 amide bonds. The highest BCUT2D eigenvalue weighted by Crippen LogP contribution is 2.36. The number of hydrogen-bond donors (Lipinski definition) is 2. The minimum absolute atomic E-state index is 0.115. The summed E-state index contributed by atoms with van der Waals surface area (Å²) in [5.74, 6) is -0.684. The summed E-state index contributed by atoms with van der Waals surface area (Å²) in [6, 6.07) is 14.7. The molecule has 0 spiro atoms. The number of aliphatic carboxylic acids is 1. The number of carbonyl (C=O) groups excluding carboxylic acids is 1. The number of alkyl halides is 3. The number of ether oxygens (including phenoxy) is 1. The van der Waals surface area contributed by atoms with Crippen LogP contribution in [0.4, 0.5) is 13.2 Å². The van der Waals surface area contributed by atoms with Gasteiger partial charge >= 0.3 is 12.1 Å². The summed E-state index contributed by atoms with van der Waals surface area (Å²) in [5, 5.41) is 13.1. The lowest BCUT2D eigenvalue weighted by molar-refractivity contribution is -0.138. The van der Waals surface area contributed by atoms with Gasteiger partial charge in [-0.2, -0.15) is 13.2 Å². The number of carboxylic acid groups (broad SMARTS) is 1. The van der Waals surface area contributed by atoms with E-state index in [-0.39, 0.29) is 30.9 Å². The standard InChI is InChI=1S/C27H28F3NO4S/c1-17(2)12-23(24-14-20(16-36-24)27(28,29)30)31-26(34)22-13-18(8-9-19(22)10-11-25(32)33)15-35-21-6-4-3-5-7-21/h3-9,13-14,16-17,23H,10-12,15H2,1-2H3,(H,31,34)(H,32,33). The highest BCUT2D eigenvalue weighted by molar-refractivity contribution is 7.10. The number of aryl methyl sites for hydroxylation is 1. The van der Waals surface area contributed by atoms with Crippen molar-refractivity contribution in [3.63, 3.8) is 0 Å². The Hall–Kier alpha value is -3.33. The van der Waals surface area contributed by atoms with Crippen LogP contribution in [-0.2, 0) is 24.0 Å². The topological polar surface area (TPSA) is 75.6 Å². The molecule has 5 nitrogen and oxygen atoms in total. The third-order valence-corrected chi connectivity index (χ3v) is 6.53. The minimum atomic E-state index is -4.46. The number of para-hydroxylation sites is 1. The Bertz CT molecular complexity index is 1180. The van der Waals surface area contributed by atoms with E-state index in [1.54, 1.807) is 18.2 Å². The number of halogens is 3. The summed E-state index contributed by atoms with van der Waals surface area (Å²) in [4.78, 5) is 24.9. The second-order valence-electron chi connectivity index (χ2n) is 8.88. The van der Waals surface area contributed by atoms with Gasteiger partial charge in [-0.3, -0.25) is 9.59 Å². The Morgan fingerprint density at radius 3 is 2.42 bits per heavy atom. The van der Waals surface area contributed by atoms with Gasteiger partial charge in [-0.05, 0) is 54.2 Å². The van der Waals surface area contributed by atoms with Crippen molar-refractivity contribution < 1.29 is 32.6 Å². The summed E-state index contributed by atoms with van der Waals surface area (Å²) in [7, 11) is 0. The first-order valence-corrected chi connectivity index (χ1v) is 12.4. The lowest BCUT2D eigenvalue weighted by atomic mass is 9.97. The van der Waals surface area contributed by atoms with Crippen LogP contribution in [0, 0.1) is 5.92 Å². The van der Waals surface area contributed by atoms with Gasteiger partial charge in [-0.15, -0.1) is 11.3 Å². The molecule has 192 valence electrons. The number of amides is 1. The number of rotatable bonds is 11. The second kappa shape index (κ2) is 12.1. The third-order valence-electron chi connectivity index (χ3n) is 5.48. The van der Waals surface area contributed by atoms with E-state index in [9.17, 15) is 22.8 Å². The molecule has 1 aromatic heterocycles. The number of carbonyl (C=O) groups is 2. The van der Waals surface area contributed by atoms with Gasteiger partial charge in [0, 0.05) is 22.2 Å². The highest BCUT2D eigenvalue weighted by atomic mass is 32.1. The molecule has 36 heavy (non-hydrogen) atoms. The minimum Gasteiger partial charge on any atom is -0.489 e. The summed E-state index contributed by atoms with van der Waals surface area (Å²) in [5.41, 5.74) is 0.794. The average Bonchev–Trinajstić information content (AvgIpc) is 3.32. The van der Waals surface area contributed by atoms with Crippen LogP contribution in [-0.4, -0.2) is 17.0 Å². The van der Waals surface area contributed by atoms with Gasteiger partial charge in [0.25, 0.3) is 5.91 Å². The quantitative estimate of drug-likeness (QED) is 0.290. The summed E-state index contributed by atoms with van der Waals surface area (Å²) >= 11 is 0.959. The van der Waals surface area contributed by atoms with E-state index in [0.717, 1.165) is 22.8 Å². The number of thiophene rings is 1. The maximum atomic E-state index is 13.4. The molecule has 0 aliphatic rings. The first-order chi connectivity index (χ1) is 17.0. The molecule has 2 N–H and O–H groups in total. The van der Waals surface area contributed by atoms with Gasteiger partial charge in [0.15, 0.2) is 0 Å². The van der Waals surface area contributed by atoms with Crippen molar-refractivity contribution in [1.82, 2.24) is 5.32 Å². The normalized spacial score (nSPS) is 12.4. The van der Waals surface area contributed by atoms with Gasteiger partial charge in [-0.1, -0.05) is 44.2 Å². The lowest BCUT2D eigenvalue weighted by Crippen LogP contribution is -2.30. The van der Waals surface area contributed by atoms with Gasteiger partial charge in [0.1, 0.15) is 12.4 Å². The molecule has 0 radical (unpaired) electrons. The van der Waals surface area contributed by atoms with Gasteiger partial charge in [0.05, 0.1) is 11.6 Å². The molecule has 1 unspecified atom stereocenters. The van der Waals surface area contributed by atoms with Crippen molar-refractivity contribution >= 4 is 23.2 Å². The van der Waals surface area contributed by atoms with Crippen LogP contribution in [0.15, 0.2) is 60.0 Å². The SMILES string of the molecule is CC(C)CC(NC(=O)c1cc(COc2ccccc2)ccc1CCC(=O)O)c1cc(C(F)(F)F)cs1. The monoisotopic (exact) mass is 519 g/mol. The van der Waals surface area contributed by atoms with Gasteiger partial charge in [-0.25, -0.2) is 0 Å². The molecule has 0 bridgehead atoms. The fraction of sp³-hybridized carbons (Fsp3) is 0.333. The fourth-order valence-electron chi connectivity index (χ4n) is 3.71. The van der Waals surface area contributed by atoms with Crippen molar-refractivity contribution in [2.75, 3.05) is 0 Å². The molecular formula is C27H28F3NO4S. The Labute approximate surface area is 211 Å². The summed E-state index contributed by atoms with van der Waals surface area (Å²) < 4.78 is 45.2. The molecule has 3 aromatic rings. The predicted molar refractivity (Wildman–Crippen MR) is 132 cm³/mol. The molecular weight excluding hydrogens is 491 g/mol. The molecule has 2 aromatic carbocycles. The van der Waals surface area contributed by atoms with Gasteiger partial charge < -0.3 is 15.2 Å². The van der Waals surface area contributed by atoms with Crippen LogP contribution in [0.1, 0.15) is 64.7 Å². The zero-order chi connectivity index (χ0) is 26.3. The third kappa shape index (κ3) is 7.84. The zero-order valence-electron chi connectivity index (χ0n) is 20.0. The van der Waals surface area contributed by atoms with E-state index in [1.807, 2.05) is 44.2 Å². The van der Waals surface area contributed by atoms with E-state index in [1.165, 1.54) is 0 Å². The zero-order valence-corrected chi connectivity index (χ0v) is 20.8. The number of carboxylic acids is 1. The fourth-order valence-corrected chi connectivity index (χ4v) is 4.68. The van der Waals surface area contributed by atoms with Crippen LogP contribution < -0.4 is 10.1 Å². The van der Waals surface area contributed by atoms with E-state index in [4.69, 9.17) is 9.84 Å². The van der Waals surface area contributed by atoms with Crippen molar-refractivity contribution in [1.29, 1.82) is 0 Å². The van der Waals surface area contributed by atoms with E-state index in [0.29, 0.717) is 28.2 Å². The molecule has 0 fully saturated rings. The Morgan fingerprint density at radius 2 is 1.81 bits per heavy atom. The molecule has 0 saturated heterocycles. The van der Waals surface area contributed by atoms with E-state index < -0.39 is 29.7 Å². The van der Waals surface area contributed by atoms with Gasteiger partial charge in [0.2, 0.25) is 0 Å². The van der Waals surface area contributed by atoms with E-state index in [2.05, 4.69) is 5.32 Å². The first kappa shape index (κ1) is 27.3. The predicted octanol–water partition coefficient (Wildman–Crippen LogP) is 6.88. The summed E-state index contributed by atoms with van der Waals surface area (Å²) in [6.07, 6.45) is -4.03. The maximum absolute atomic E-state index is 13.4. The Balaban J connectivity index is 1.86. The van der Waals surface area contributed by atoms with Crippen molar-refractivity contribution in [2.24, 2.45) is 5.92 Å². The Kier molecular flexibility index (Phi) is 9.14. The number of nitrogens with one attached hydrogen (secondary N) is 1. The molecule has 0 aliphatic carbocycles. The lowest BCUT2D eigenvalue weighted by Gasteiger charge is -2.21. The average molecular weight is 520 g/mol. The van der Waals surface area contributed by atoms with Crippen LogP contribution in [0.5, 0.6) is 5.75 Å². The van der Waals surface area contributed by atoms with Crippen LogP contribution >= 0.6 is 11.3 Å². The first-order valence-electron chi connectivity index (χ1n) is 11.5. The highest BCUT2D eigenvalue weighted by Gasteiger charge is 2.33. The molecule has 3 rings (SSSR count). The smallest absolute Gasteiger partial charge is 0.417 e. The Morgan fingerprint density at radius 1 is 1.08 bits per heavy atom. The second-order valence-corrected chi connectivity index (χ2v) is 9.82. The maximum Gasteiger partial charge on any atom is 0.417 e. The summed E-state index contributed by atoms with van der Waals surface area (Å²) in [6.45, 7) is 4.05. The molecule has 1 heterocycles. The number of hydrogen-bond acceptors (Lipinski definition) is 4. The van der Waals surface area contributed by atoms with Crippen molar-refractivity contribution in [3.8, 4) is 5.75 Å². The van der Waals surface area contributed by atoms with E-state index >= 15 is 0 Å². The molecule has 1 atom stereocenters. The van der Waals surface area contributed by atoms with Crippen LogP contribution in [0.2, 0.25) is 0 Å². The molecule has 0 aliphatic heterocycles.